The van der Waals surface area contributed by atoms with Crippen molar-refractivity contribution in [1.29, 1.82) is 0 Å². The maximum Gasteiger partial charge on any atom is 0.356 e. The van der Waals surface area contributed by atoms with Crippen LogP contribution in [0.2, 0.25) is 0 Å². The van der Waals surface area contributed by atoms with E-state index in [9.17, 15) is 4.79 Å². The first-order valence-electron chi connectivity index (χ1n) is 4.00. The molecule has 0 spiro atoms. The zero-order chi connectivity index (χ0) is 9.68. The molecular weight excluding hydrogens is 188 g/mol. The van der Waals surface area contributed by atoms with Gasteiger partial charge in [-0.2, -0.15) is 16.9 Å². The summed E-state index contributed by atoms with van der Waals surface area (Å²) in [6.45, 7) is 0. The fraction of sp³-hybridized carbons (Fsp3) is 0.500. The van der Waals surface area contributed by atoms with Gasteiger partial charge in [0.25, 0.3) is 0 Å². The molecule has 1 aromatic rings. The molecule has 0 radical (unpaired) electrons. The number of nitrogens with zero attached hydrogens (tertiary/aromatic N) is 1. The van der Waals surface area contributed by atoms with Crippen LogP contribution in [0.25, 0.3) is 0 Å². The maximum absolute atomic E-state index is 10.5. The first kappa shape index (κ1) is 10.1. The zero-order valence-electron chi connectivity index (χ0n) is 7.41. The predicted molar refractivity (Wildman–Crippen MR) is 52.3 cm³/mol. The van der Waals surface area contributed by atoms with Crippen molar-refractivity contribution in [2.24, 2.45) is 0 Å². The standard InChI is InChI=1S/C8H12N2O2S/c1-13-4-2-3-6-5-7(8(11)12)10-9-6/h5H,2-4H2,1H3,(H,9,10)(H,11,12). The van der Waals surface area contributed by atoms with E-state index in [-0.39, 0.29) is 5.69 Å². The van der Waals surface area contributed by atoms with E-state index in [1.54, 1.807) is 17.8 Å². The number of hydrogen-bond acceptors (Lipinski definition) is 3. The molecule has 0 fully saturated rings. The van der Waals surface area contributed by atoms with Crippen molar-refractivity contribution >= 4 is 17.7 Å². The van der Waals surface area contributed by atoms with Gasteiger partial charge in [-0.25, -0.2) is 4.79 Å². The minimum Gasteiger partial charge on any atom is -0.476 e. The van der Waals surface area contributed by atoms with Gasteiger partial charge in [0.1, 0.15) is 0 Å². The van der Waals surface area contributed by atoms with Crippen LogP contribution in [-0.4, -0.2) is 33.3 Å². The molecule has 1 heterocycles. The SMILES string of the molecule is CSCCCc1cc(C(=O)O)n[nH]1. The molecule has 5 heteroatoms. The van der Waals surface area contributed by atoms with Crippen LogP contribution < -0.4 is 0 Å². The number of carbonyl (C=O) groups is 1. The van der Waals surface area contributed by atoms with Crippen molar-refractivity contribution < 1.29 is 9.90 Å². The molecule has 0 aliphatic carbocycles. The number of hydrogen-bond donors (Lipinski definition) is 2. The van der Waals surface area contributed by atoms with Gasteiger partial charge >= 0.3 is 5.97 Å². The lowest BCUT2D eigenvalue weighted by molar-refractivity contribution is 0.0690. The molecule has 0 aliphatic rings. The smallest absolute Gasteiger partial charge is 0.356 e. The molecule has 0 unspecified atom stereocenters. The minimum atomic E-state index is -0.979. The van der Waals surface area contributed by atoms with Crippen LogP contribution in [-0.2, 0) is 6.42 Å². The van der Waals surface area contributed by atoms with E-state index in [2.05, 4.69) is 16.5 Å². The number of aromatic carboxylic acids is 1. The maximum atomic E-state index is 10.5. The van der Waals surface area contributed by atoms with Crippen molar-refractivity contribution in [3.05, 3.63) is 17.5 Å². The third-order valence-electron chi connectivity index (χ3n) is 1.64. The van der Waals surface area contributed by atoms with Gasteiger partial charge in [-0.05, 0) is 30.9 Å². The van der Waals surface area contributed by atoms with Gasteiger partial charge in [0.2, 0.25) is 0 Å². The van der Waals surface area contributed by atoms with Crippen molar-refractivity contribution in [3.8, 4) is 0 Å². The van der Waals surface area contributed by atoms with Gasteiger partial charge < -0.3 is 5.11 Å². The predicted octanol–water partition coefficient (Wildman–Crippen LogP) is 1.40. The quantitative estimate of drug-likeness (QED) is 0.705. The summed E-state index contributed by atoms with van der Waals surface area (Å²) >= 11 is 1.78. The summed E-state index contributed by atoms with van der Waals surface area (Å²) in [6, 6.07) is 1.59. The van der Waals surface area contributed by atoms with Crippen LogP contribution in [0, 0.1) is 0 Å². The van der Waals surface area contributed by atoms with Gasteiger partial charge in [0.15, 0.2) is 5.69 Å². The Morgan fingerprint density at radius 1 is 1.77 bits per heavy atom. The van der Waals surface area contributed by atoms with Gasteiger partial charge in [-0.3, -0.25) is 5.10 Å². The third-order valence-corrected chi connectivity index (χ3v) is 2.34. The van der Waals surface area contributed by atoms with Crippen molar-refractivity contribution in [3.63, 3.8) is 0 Å². The fourth-order valence-electron chi connectivity index (χ4n) is 1.01. The summed E-state index contributed by atoms with van der Waals surface area (Å²) in [7, 11) is 0. The van der Waals surface area contributed by atoms with Crippen molar-refractivity contribution in [1.82, 2.24) is 10.2 Å². The molecule has 0 aliphatic heterocycles. The molecular formula is C8H12N2O2S. The molecule has 4 nitrogen and oxygen atoms in total. The second-order valence-electron chi connectivity index (χ2n) is 2.68. The number of aromatic nitrogens is 2. The average Bonchev–Trinajstić information content (AvgIpc) is 2.53. The molecule has 0 atom stereocenters. The number of carboxylic acids is 1. The van der Waals surface area contributed by atoms with Crippen LogP contribution in [0.3, 0.4) is 0 Å². The number of thioether (sulfide) groups is 1. The van der Waals surface area contributed by atoms with E-state index in [1.807, 2.05) is 0 Å². The molecule has 0 saturated heterocycles. The van der Waals surface area contributed by atoms with Gasteiger partial charge in [0, 0.05) is 5.69 Å². The summed E-state index contributed by atoms with van der Waals surface area (Å²) in [5.74, 6) is 0.105. The number of aromatic amines is 1. The second kappa shape index (κ2) is 4.91. The Hall–Kier alpha value is -0.970. The highest BCUT2D eigenvalue weighted by Gasteiger charge is 2.06. The van der Waals surface area contributed by atoms with E-state index in [1.165, 1.54) is 0 Å². The first-order chi connectivity index (χ1) is 6.24. The largest absolute Gasteiger partial charge is 0.476 e. The summed E-state index contributed by atoms with van der Waals surface area (Å²) in [5, 5.41) is 15.0. The normalized spacial score (nSPS) is 10.2. The first-order valence-corrected chi connectivity index (χ1v) is 5.40. The lowest BCUT2D eigenvalue weighted by Crippen LogP contribution is -1.95. The van der Waals surface area contributed by atoms with E-state index < -0.39 is 5.97 Å². The highest BCUT2D eigenvalue weighted by atomic mass is 32.2. The highest BCUT2D eigenvalue weighted by Crippen LogP contribution is 2.05. The van der Waals surface area contributed by atoms with Crippen LogP contribution in [0.5, 0.6) is 0 Å². The molecule has 13 heavy (non-hydrogen) atoms. The van der Waals surface area contributed by atoms with E-state index in [0.717, 1.165) is 24.3 Å². The zero-order valence-corrected chi connectivity index (χ0v) is 8.23. The summed E-state index contributed by atoms with van der Waals surface area (Å²) in [4.78, 5) is 10.5. The molecule has 0 bridgehead atoms. The number of nitrogens with one attached hydrogen (secondary N) is 1. The average molecular weight is 200 g/mol. The van der Waals surface area contributed by atoms with Crippen molar-refractivity contribution in [2.75, 3.05) is 12.0 Å². The number of aryl methyl sites for hydroxylation is 1. The molecule has 0 aromatic carbocycles. The lowest BCUT2D eigenvalue weighted by atomic mass is 10.2. The number of H-pyrrole nitrogens is 1. The Morgan fingerprint density at radius 3 is 3.08 bits per heavy atom. The molecule has 1 rings (SSSR count). The summed E-state index contributed by atoms with van der Waals surface area (Å²) in [6.07, 6.45) is 3.96. The summed E-state index contributed by atoms with van der Waals surface area (Å²) < 4.78 is 0. The van der Waals surface area contributed by atoms with Crippen LogP contribution in [0.4, 0.5) is 0 Å². The fourth-order valence-corrected chi connectivity index (χ4v) is 1.44. The third kappa shape index (κ3) is 3.10. The van der Waals surface area contributed by atoms with E-state index in [0.29, 0.717) is 0 Å². The van der Waals surface area contributed by atoms with Crippen molar-refractivity contribution in [2.45, 2.75) is 12.8 Å². The van der Waals surface area contributed by atoms with Gasteiger partial charge in [-0.1, -0.05) is 0 Å². The Bertz CT molecular complexity index is 285. The number of carboxylic acid groups (broad SMARTS) is 1. The Balaban J connectivity index is 2.44. The molecule has 72 valence electrons. The summed E-state index contributed by atoms with van der Waals surface area (Å²) in [5.41, 5.74) is 0.991. The van der Waals surface area contributed by atoms with Crippen LogP contribution in [0.1, 0.15) is 22.6 Å². The highest BCUT2D eigenvalue weighted by molar-refractivity contribution is 7.98. The Morgan fingerprint density at radius 2 is 2.54 bits per heavy atom. The Kier molecular flexibility index (Phi) is 3.82. The topological polar surface area (TPSA) is 66.0 Å². The van der Waals surface area contributed by atoms with Gasteiger partial charge in [0.05, 0.1) is 0 Å². The van der Waals surface area contributed by atoms with Crippen LogP contribution in [0.15, 0.2) is 6.07 Å². The van der Waals surface area contributed by atoms with E-state index >= 15 is 0 Å². The number of rotatable bonds is 5. The molecule has 2 N–H and O–H groups in total. The van der Waals surface area contributed by atoms with Crippen LogP contribution >= 0.6 is 11.8 Å². The van der Waals surface area contributed by atoms with Gasteiger partial charge in [-0.15, -0.1) is 0 Å². The Labute approximate surface area is 80.7 Å². The molecule has 0 saturated carbocycles. The molecule has 1 aromatic heterocycles. The minimum absolute atomic E-state index is 0.0964. The lowest BCUT2D eigenvalue weighted by Gasteiger charge is -1.93. The second-order valence-corrected chi connectivity index (χ2v) is 3.67. The van der Waals surface area contributed by atoms with E-state index in [4.69, 9.17) is 5.11 Å². The molecule has 0 amide bonds. The monoisotopic (exact) mass is 200 g/mol.